The summed E-state index contributed by atoms with van der Waals surface area (Å²) in [6.45, 7) is 4.33. The first-order chi connectivity index (χ1) is 4.74. The van der Waals surface area contributed by atoms with Crippen molar-refractivity contribution in [3.8, 4) is 6.07 Å². The van der Waals surface area contributed by atoms with Gasteiger partial charge in [0.25, 0.3) is 0 Å². The van der Waals surface area contributed by atoms with Crippen molar-refractivity contribution in [2.45, 2.75) is 33.1 Å². The monoisotopic (exact) mass is 135 g/mol. The summed E-state index contributed by atoms with van der Waals surface area (Å²) in [5, 5.41) is 8.64. The van der Waals surface area contributed by atoms with Crippen LogP contribution in [0.25, 0.3) is 0 Å². The molecule has 0 radical (unpaired) electrons. The van der Waals surface area contributed by atoms with Crippen molar-refractivity contribution < 1.29 is 0 Å². The van der Waals surface area contributed by atoms with Gasteiger partial charge in [0.2, 0.25) is 0 Å². The predicted octanol–water partition coefficient (Wildman–Crippen LogP) is 2.65. The zero-order valence-electron chi connectivity index (χ0n) is 6.65. The molecule has 0 aromatic heterocycles. The van der Waals surface area contributed by atoms with E-state index in [1.165, 1.54) is 12.0 Å². The Morgan fingerprint density at radius 3 is 2.80 bits per heavy atom. The summed E-state index contributed by atoms with van der Waals surface area (Å²) >= 11 is 0. The molecule has 0 aliphatic heterocycles. The lowest BCUT2D eigenvalue weighted by molar-refractivity contribution is 0.502. The molecule has 10 heavy (non-hydrogen) atoms. The molecule has 0 spiro atoms. The highest BCUT2D eigenvalue weighted by molar-refractivity contribution is 5.28. The van der Waals surface area contributed by atoms with E-state index in [0.29, 0.717) is 0 Å². The van der Waals surface area contributed by atoms with Gasteiger partial charge in [0.15, 0.2) is 0 Å². The Morgan fingerprint density at radius 1 is 1.60 bits per heavy atom. The molecule has 1 aliphatic rings. The molecule has 1 heteroatoms. The summed E-state index contributed by atoms with van der Waals surface area (Å²) < 4.78 is 0. The third kappa shape index (κ3) is 1.39. The fourth-order valence-corrected chi connectivity index (χ4v) is 1.50. The fraction of sp³-hybridized carbons (Fsp3) is 0.667. The Bertz CT molecular complexity index is 195. The van der Waals surface area contributed by atoms with Gasteiger partial charge < -0.3 is 0 Å². The summed E-state index contributed by atoms with van der Waals surface area (Å²) in [6, 6.07) is 2.25. The van der Waals surface area contributed by atoms with Crippen molar-refractivity contribution in [1.82, 2.24) is 0 Å². The number of hydrogen-bond donors (Lipinski definition) is 0. The minimum absolute atomic E-state index is 0.789. The lowest BCUT2D eigenvalue weighted by Gasteiger charge is -2.18. The highest BCUT2D eigenvalue weighted by Crippen LogP contribution is 2.27. The number of nitrogens with zero attached hydrogens (tertiary/aromatic N) is 1. The van der Waals surface area contributed by atoms with Crippen LogP contribution in [0.4, 0.5) is 0 Å². The van der Waals surface area contributed by atoms with E-state index < -0.39 is 0 Å². The molecule has 0 saturated carbocycles. The maximum absolute atomic E-state index is 8.64. The first-order valence-corrected chi connectivity index (χ1v) is 3.82. The average molecular weight is 135 g/mol. The van der Waals surface area contributed by atoms with Crippen molar-refractivity contribution in [2.24, 2.45) is 5.92 Å². The smallest absolute Gasteiger partial charge is 0.0946 e. The predicted molar refractivity (Wildman–Crippen MR) is 41.3 cm³/mol. The highest BCUT2D eigenvalue weighted by atomic mass is 14.3. The van der Waals surface area contributed by atoms with Crippen LogP contribution in [-0.4, -0.2) is 0 Å². The molecule has 0 saturated heterocycles. The zero-order chi connectivity index (χ0) is 7.56. The summed E-state index contributed by atoms with van der Waals surface area (Å²) in [7, 11) is 0. The second kappa shape index (κ2) is 2.88. The molecule has 0 bridgehead atoms. The number of hydrogen-bond acceptors (Lipinski definition) is 1. The molecule has 0 N–H and O–H groups in total. The second-order valence-electron chi connectivity index (χ2n) is 3.22. The van der Waals surface area contributed by atoms with Gasteiger partial charge in [0.1, 0.15) is 0 Å². The fourth-order valence-electron chi connectivity index (χ4n) is 1.50. The van der Waals surface area contributed by atoms with Crippen LogP contribution >= 0.6 is 0 Å². The molecule has 54 valence electrons. The topological polar surface area (TPSA) is 23.8 Å². The summed E-state index contributed by atoms with van der Waals surface area (Å²) in [5.41, 5.74) is 2.33. The van der Waals surface area contributed by atoms with Gasteiger partial charge in [-0.3, -0.25) is 0 Å². The van der Waals surface area contributed by atoms with Crippen LogP contribution in [-0.2, 0) is 0 Å². The molecule has 1 nitrogen and oxygen atoms in total. The van der Waals surface area contributed by atoms with Gasteiger partial charge in [-0.15, -0.1) is 0 Å². The van der Waals surface area contributed by atoms with Crippen LogP contribution in [0.1, 0.15) is 33.1 Å². The van der Waals surface area contributed by atoms with Crippen molar-refractivity contribution in [2.75, 3.05) is 0 Å². The molecule has 0 aromatic rings. The number of rotatable bonds is 0. The lowest BCUT2D eigenvalue weighted by atomic mass is 9.86. The Morgan fingerprint density at radius 2 is 2.30 bits per heavy atom. The maximum atomic E-state index is 8.64. The molecular weight excluding hydrogens is 122 g/mol. The summed E-state index contributed by atoms with van der Waals surface area (Å²) in [6.07, 6.45) is 3.33. The quantitative estimate of drug-likeness (QED) is 0.501. The van der Waals surface area contributed by atoms with Gasteiger partial charge in [-0.1, -0.05) is 12.5 Å². The van der Waals surface area contributed by atoms with Crippen LogP contribution < -0.4 is 0 Å². The molecule has 1 rings (SSSR count). The average Bonchev–Trinajstić information content (AvgIpc) is 1.88. The standard InChI is InChI=1S/C9H13N/c1-7-3-4-9(6-10)8(2)5-7/h7H,3-5H2,1-2H3. The van der Waals surface area contributed by atoms with Crippen LogP contribution in [0.5, 0.6) is 0 Å². The molecule has 0 aromatic carbocycles. The van der Waals surface area contributed by atoms with Crippen molar-refractivity contribution in [1.29, 1.82) is 5.26 Å². The van der Waals surface area contributed by atoms with Crippen LogP contribution in [0.15, 0.2) is 11.1 Å². The molecule has 1 atom stereocenters. The molecule has 1 unspecified atom stereocenters. The summed E-state index contributed by atoms with van der Waals surface area (Å²) in [4.78, 5) is 0. The van der Waals surface area contributed by atoms with E-state index >= 15 is 0 Å². The van der Waals surface area contributed by atoms with E-state index in [-0.39, 0.29) is 0 Å². The Kier molecular flexibility index (Phi) is 2.11. The molecular formula is C9H13N. The van der Waals surface area contributed by atoms with Gasteiger partial charge in [-0.2, -0.15) is 5.26 Å². The molecule has 1 aliphatic carbocycles. The van der Waals surface area contributed by atoms with Crippen molar-refractivity contribution in [3.63, 3.8) is 0 Å². The van der Waals surface area contributed by atoms with E-state index in [2.05, 4.69) is 19.9 Å². The first-order valence-electron chi connectivity index (χ1n) is 3.82. The van der Waals surface area contributed by atoms with E-state index in [1.807, 2.05) is 0 Å². The van der Waals surface area contributed by atoms with Crippen molar-refractivity contribution >= 4 is 0 Å². The van der Waals surface area contributed by atoms with Gasteiger partial charge in [0.05, 0.1) is 6.07 Å². The van der Waals surface area contributed by atoms with Crippen LogP contribution in [0, 0.1) is 17.2 Å². The molecule has 0 heterocycles. The third-order valence-electron chi connectivity index (χ3n) is 2.19. The van der Waals surface area contributed by atoms with E-state index in [1.54, 1.807) is 0 Å². The first kappa shape index (κ1) is 7.34. The SMILES string of the molecule is CC1=C(C#N)CCC(C)C1. The summed E-state index contributed by atoms with van der Waals surface area (Å²) in [5.74, 6) is 0.789. The van der Waals surface area contributed by atoms with Crippen LogP contribution in [0.2, 0.25) is 0 Å². The Labute approximate surface area is 62.4 Å². The third-order valence-corrected chi connectivity index (χ3v) is 2.19. The highest BCUT2D eigenvalue weighted by Gasteiger charge is 2.13. The van der Waals surface area contributed by atoms with E-state index in [9.17, 15) is 0 Å². The van der Waals surface area contributed by atoms with E-state index in [0.717, 1.165) is 24.3 Å². The lowest BCUT2D eigenvalue weighted by Crippen LogP contribution is -2.04. The zero-order valence-corrected chi connectivity index (χ0v) is 6.65. The molecule has 0 amide bonds. The van der Waals surface area contributed by atoms with E-state index in [4.69, 9.17) is 5.26 Å². The van der Waals surface area contributed by atoms with Gasteiger partial charge in [-0.05, 0) is 32.1 Å². The Balaban J connectivity index is 2.73. The Hall–Kier alpha value is -0.770. The molecule has 0 fully saturated rings. The maximum Gasteiger partial charge on any atom is 0.0946 e. The number of nitriles is 1. The van der Waals surface area contributed by atoms with Gasteiger partial charge >= 0.3 is 0 Å². The second-order valence-corrected chi connectivity index (χ2v) is 3.22. The van der Waals surface area contributed by atoms with Crippen molar-refractivity contribution in [3.05, 3.63) is 11.1 Å². The number of allylic oxidation sites excluding steroid dienone is 2. The van der Waals surface area contributed by atoms with Gasteiger partial charge in [-0.25, -0.2) is 0 Å². The minimum atomic E-state index is 0.789. The van der Waals surface area contributed by atoms with Crippen LogP contribution in [0.3, 0.4) is 0 Å². The van der Waals surface area contributed by atoms with Gasteiger partial charge in [0, 0.05) is 5.57 Å². The largest absolute Gasteiger partial charge is 0.193 e. The normalized spacial score (nSPS) is 26.3. The minimum Gasteiger partial charge on any atom is -0.193 e.